The van der Waals surface area contributed by atoms with Gasteiger partial charge in [-0.25, -0.2) is 4.98 Å². The second-order valence-electron chi connectivity index (χ2n) is 1.94. The molecule has 0 amide bonds. The summed E-state index contributed by atoms with van der Waals surface area (Å²) in [6.07, 6.45) is 1.55. The average molecular weight is 290 g/mol. The van der Waals surface area contributed by atoms with Gasteiger partial charge in [0.15, 0.2) is 0 Å². The van der Waals surface area contributed by atoms with E-state index in [4.69, 9.17) is 22.5 Å². The molecule has 0 aliphatic heterocycles. The summed E-state index contributed by atoms with van der Waals surface area (Å²) in [5.41, 5.74) is 0. The van der Waals surface area contributed by atoms with E-state index in [-0.39, 0.29) is 0 Å². The zero-order valence-corrected chi connectivity index (χ0v) is 9.66. The van der Waals surface area contributed by atoms with E-state index in [1.165, 1.54) is 0 Å². The van der Waals surface area contributed by atoms with Crippen LogP contribution in [0.5, 0.6) is 0 Å². The van der Waals surface area contributed by atoms with Crippen LogP contribution in [0.25, 0.3) is 0 Å². The Kier molecular flexibility index (Phi) is 3.41. The van der Waals surface area contributed by atoms with Crippen molar-refractivity contribution in [2.24, 2.45) is 0 Å². The van der Waals surface area contributed by atoms with E-state index >= 15 is 0 Å². The second kappa shape index (κ2) is 3.97. The summed E-state index contributed by atoms with van der Waals surface area (Å²) in [6, 6.07) is 3.35. The number of hydrogen-bond acceptors (Lipinski definition) is 2. The van der Waals surface area contributed by atoms with Crippen LogP contribution >= 0.6 is 44.4 Å². The Balaban J connectivity index is 2.78. The number of nitrogens with one attached hydrogen (secondary N) is 1. The van der Waals surface area contributed by atoms with Gasteiger partial charge in [0.2, 0.25) is 0 Å². The molecule has 1 aromatic rings. The molecule has 7 heteroatoms. The van der Waals surface area contributed by atoms with Crippen molar-refractivity contribution in [1.82, 2.24) is 4.98 Å². The molecule has 0 aliphatic carbocycles. The zero-order valence-electron chi connectivity index (χ0n) is 5.67. The standard InChI is InChI=1S/C5H4BrCl2N2OP/c6-4-1-2-5(9-3-4)10-12(7,8)11/h1-3H,(H,9,10,11). The van der Waals surface area contributed by atoms with E-state index in [9.17, 15) is 4.57 Å². The van der Waals surface area contributed by atoms with Gasteiger partial charge in [-0.05, 0) is 50.5 Å². The molecule has 0 saturated heterocycles. The van der Waals surface area contributed by atoms with Gasteiger partial charge in [0.05, 0.1) is 0 Å². The lowest BCUT2D eigenvalue weighted by atomic mass is 10.5. The molecule has 1 N–H and O–H groups in total. The van der Waals surface area contributed by atoms with Gasteiger partial charge in [-0.3, -0.25) is 9.65 Å². The molecule has 3 nitrogen and oxygen atoms in total. The van der Waals surface area contributed by atoms with Gasteiger partial charge in [0.1, 0.15) is 5.82 Å². The highest BCUT2D eigenvalue weighted by Crippen LogP contribution is 2.55. The number of halogens is 3. The van der Waals surface area contributed by atoms with Crippen molar-refractivity contribution in [3.63, 3.8) is 0 Å². The van der Waals surface area contributed by atoms with Crippen LogP contribution in [-0.2, 0) is 4.57 Å². The summed E-state index contributed by atoms with van der Waals surface area (Å²) < 4.78 is 11.7. The molecule has 0 aliphatic rings. The molecule has 0 atom stereocenters. The SMILES string of the molecule is O=P(Cl)(Cl)Nc1ccc(Br)cn1. The summed E-state index contributed by atoms with van der Waals surface area (Å²) in [5, 5.41) is 2.36. The lowest BCUT2D eigenvalue weighted by Gasteiger charge is -2.04. The van der Waals surface area contributed by atoms with Crippen molar-refractivity contribution < 1.29 is 4.57 Å². The Bertz CT molecular complexity index is 312. The van der Waals surface area contributed by atoms with E-state index in [1.54, 1.807) is 18.3 Å². The third kappa shape index (κ3) is 3.76. The lowest BCUT2D eigenvalue weighted by molar-refractivity contribution is 0.595. The minimum Gasteiger partial charge on any atom is -0.297 e. The molecule has 0 saturated carbocycles. The first-order chi connectivity index (χ1) is 5.47. The van der Waals surface area contributed by atoms with E-state index in [0.717, 1.165) is 4.47 Å². The number of rotatable bonds is 2. The molecule has 1 rings (SSSR count). The highest BCUT2D eigenvalue weighted by Gasteiger charge is 2.12. The maximum atomic E-state index is 10.8. The largest absolute Gasteiger partial charge is 0.344 e. The number of hydrogen-bond donors (Lipinski definition) is 1. The fourth-order valence-corrected chi connectivity index (χ4v) is 1.73. The van der Waals surface area contributed by atoms with E-state index in [0.29, 0.717) is 5.82 Å². The molecule has 0 bridgehead atoms. The molecule has 0 aromatic carbocycles. The highest BCUT2D eigenvalue weighted by molar-refractivity contribution is 9.10. The molecule has 66 valence electrons. The van der Waals surface area contributed by atoms with Crippen molar-refractivity contribution in [2.45, 2.75) is 0 Å². The second-order valence-corrected chi connectivity index (χ2v) is 7.37. The molecule has 1 aromatic heterocycles. The zero-order chi connectivity index (χ0) is 9.19. The predicted molar refractivity (Wildman–Crippen MR) is 54.9 cm³/mol. The fraction of sp³-hybridized carbons (Fsp3) is 0. The maximum absolute atomic E-state index is 10.8. The molecule has 0 radical (unpaired) electrons. The smallest absolute Gasteiger partial charge is 0.297 e. The predicted octanol–water partition coefficient (Wildman–Crippen LogP) is 3.84. The summed E-state index contributed by atoms with van der Waals surface area (Å²) >= 11 is 13.7. The Morgan fingerprint density at radius 2 is 2.17 bits per heavy atom. The summed E-state index contributed by atoms with van der Waals surface area (Å²) in [6.45, 7) is 0. The first-order valence-corrected chi connectivity index (χ1v) is 7.17. The van der Waals surface area contributed by atoms with Crippen molar-refractivity contribution in [3.8, 4) is 0 Å². The van der Waals surface area contributed by atoms with Gasteiger partial charge in [0.25, 0.3) is 0 Å². The van der Waals surface area contributed by atoms with Crippen LogP contribution in [0.3, 0.4) is 0 Å². The summed E-state index contributed by atoms with van der Waals surface area (Å²) in [7, 11) is 0. The van der Waals surface area contributed by atoms with E-state index < -0.39 is 6.00 Å². The number of aromatic nitrogens is 1. The topological polar surface area (TPSA) is 42.0 Å². The Morgan fingerprint density at radius 1 is 1.50 bits per heavy atom. The Morgan fingerprint density at radius 3 is 2.58 bits per heavy atom. The van der Waals surface area contributed by atoms with Gasteiger partial charge in [0, 0.05) is 10.7 Å². The normalized spacial score (nSPS) is 11.2. The molecular weight excluding hydrogens is 286 g/mol. The fourth-order valence-electron chi connectivity index (χ4n) is 0.575. The summed E-state index contributed by atoms with van der Waals surface area (Å²) in [5.74, 6) is -2.91. The quantitative estimate of drug-likeness (QED) is 0.841. The van der Waals surface area contributed by atoms with Gasteiger partial charge in [-0.15, -0.1) is 0 Å². The van der Waals surface area contributed by atoms with Crippen LogP contribution in [0.4, 0.5) is 5.82 Å². The monoisotopic (exact) mass is 288 g/mol. The molecular formula is C5H4BrCl2N2OP. The molecule has 0 fully saturated rings. The van der Waals surface area contributed by atoms with Crippen LogP contribution in [0.1, 0.15) is 0 Å². The van der Waals surface area contributed by atoms with Gasteiger partial charge in [-0.2, -0.15) is 0 Å². The van der Waals surface area contributed by atoms with Crippen LogP contribution in [0.2, 0.25) is 0 Å². The van der Waals surface area contributed by atoms with Gasteiger partial charge < -0.3 is 0 Å². The maximum Gasteiger partial charge on any atom is 0.344 e. The van der Waals surface area contributed by atoms with Crippen LogP contribution in [0.15, 0.2) is 22.8 Å². The summed E-state index contributed by atoms with van der Waals surface area (Å²) in [4.78, 5) is 3.86. The Hall–Kier alpha value is 0.240. The first kappa shape index (κ1) is 10.3. The average Bonchev–Trinajstić information content (AvgIpc) is 1.91. The Labute approximate surface area is 87.6 Å². The first-order valence-electron chi connectivity index (χ1n) is 2.86. The van der Waals surface area contributed by atoms with Gasteiger partial charge >= 0.3 is 6.00 Å². The van der Waals surface area contributed by atoms with Crippen molar-refractivity contribution in [1.29, 1.82) is 0 Å². The number of anilines is 1. The van der Waals surface area contributed by atoms with Crippen molar-refractivity contribution in [2.75, 3.05) is 5.09 Å². The molecule has 0 spiro atoms. The molecule has 1 heterocycles. The highest BCUT2D eigenvalue weighted by atomic mass is 79.9. The van der Waals surface area contributed by atoms with Crippen LogP contribution in [0, 0.1) is 0 Å². The minimum atomic E-state index is -3.29. The van der Waals surface area contributed by atoms with Crippen LogP contribution < -0.4 is 5.09 Å². The lowest BCUT2D eigenvalue weighted by Crippen LogP contribution is -1.89. The third-order valence-electron chi connectivity index (χ3n) is 0.972. The number of nitrogens with zero attached hydrogens (tertiary/aromatic N) is 1. The van der Waals surface area contributed by atoms with Crippen molar-refractivity contribution >= 4 is 50.2 Å². The van der Waals surface area contributed by atoms with E-state index in [2.05, 4.69) is 26.0 Å². The number of pyridine rings is 1. The third-order valence-corrected chi connectivity index (χ3v) is 2.44. The van der Waals surface area contributed by atoms with Crippen molar-refractivity contribution in [3.05, 3.63) is 22.8 Å². The van der Waals surface area contributed by atoms with E-state index in [1.807, 2.05) is 0 Å². The minimum absolute atomic E-state index is 0.381. The van der Waals surface area contributed by atoms with Gasteiger partial charge in [-0.1, -0.05) is 0 Å². The van der Waals surface area contributed by atoms with Crippen LogP contribution in [-0.4, -0.2) is 4.98 Å². The molecule has 12 heavy (non-hydrogen) atoms. The molecule has 0 unspecified atom stereocenters.